The maximum absolute atomic E-state index is 12.2. The summed E-state index contributed by atoms with van der Waals surface area (Å²) in [5.74, 6) is 1.65. The molecule has 7 nitrogen and oxygen atoms in total. The average Bonchev–Trinajstić information content (AvgIpc) is 2.68. The van der Waals surface area contributed by atoms with Crippen molar-refractivity contribution in [2.75, 3.05) is 41.5 Å². The van der Waals surface area contributed by atoms with Crippen LogP contribution in [0.1, 0.15) is 15.9 Å². The van der Waals surface area contributed by atoms with Crippen molar-refractivity contribution >= 4 is 12.1 Å². The molecule has 27 heavy (non-hydrogen) atoms. The molecule has 0 aromatic heterocycles. The Balaban J connectivity index is 1.90. The Morgan fingerprint density at radius 3 is 2.41 bits per heavy atom. The fourth-order valence-corrected chi connectivity index (χ4v) is 2.21. The van der Waals surface area contributed by atoms with Gasteiger partial charge in [-0.2, -0.15) is 5.10 Å². The summed E-state index contributed by atoms with van der Waals surface area (Å²) >= 11 is 0. The van der Waals surface area contributed by atoms with Crippen molar-refractivity contribution in [1.29, 1.82) is 0 Å². The third kappa shape index (κ3) is 6.31. The van der Waals surface area contributed by atoms with Crippen molar-refractivity contribution < 1.29 is 19.0 Å². The molecule has 0 unspecified atom stereocenters. The van der Waals surface area contributed by atoms with Crippen molar-refractivity contribution in [3.05, 3.63) is 53.6 Å². The van der Waals surface area contributed by atoms with E-state index in [1.54, 1.807) is 56.8 Å². The number of nitrogens with one attached hydrogen (secondary N) is 1. The van der Waals surface area contributed by atoms with Gasteiger partial charge in [-0.15, -0.1) is 0 Å². The van der Waals surface area contributed by atoms with Gasteiger partial charge in [-0.3, -0.25) is 4.79 Å². The minimum absolute atomic E-state index is 0.299. The molecule has 0 atom stereocenters. The number of carbonyl (C=O) groups excluding carboxylic acids is 1. The molecule has 0 bridgehead atoms. The number of hydrazone groups is 1. The number of likely N-dealkylation sites (N-methyl/N-ethyl adjacent to an activating group) is 1. The van der Waals surface area contributed by atoms with Crippen LogP contribution in [0.25, 0.3) is 0 Å². The van der Waals surface area contributed by atoms with Crippen LogP contribution in [0.2, 0.25) is 0 Å². The highest BCUT2D eigenvalue weighted by molar-refractivity contribution is 5.95. The fraction of sp³-hybridized carbons (Fsp3) is 0.300. The zero-order valence-electron chi connectivity index (χ0n) is 16.1. The van der Waals surface area contributed by atoms with Crippen LogP contribution in [-0.4, -0.2) is 58.5 Å². The van der Waals surface area contributed by atoms with Crippen molar-refractivity contribution in [3.63, 3.8) is 0 Å². The van der Waals surface area contributed by atoms with Gasteiger partial charge in [0.25, 0.3) is 5.91 Å². The van der Waals surface area contributed by atoms with Gasteiger partial charge >= 0.3 is 0 Å². The molecule has 7 heteroatoms. The van der Waals surface area contributed by atoms with Crippen molar-refractivity contribution in [3.8, 4) is 17.2 Å². The van der Waals surface area contributed by atoms with E-state index >= 15 is 0 Å². The highest BCUT2D eigenvalue weighted by atomic mass is 16.5. The summed E-state index contributed by atoms with van der Waals surface area (Å²) < 4.78 is 16.0. The van der Waals surface area contributed by atoms with Crippen LogP contribution in [0.4, 0.5) is 0 Å². The number of methoxy groups -OCH3 is 2. The van der Waals surface area contributed by atoms with E-state index in [1.165, 1.54) is 0 Å². The second-order valence-electron chi connectivity index (χ2n) is 5.99. The van der Waals surface area contributed by atoms with Gasteiger partial charge in [-0.05, 0) is 62.1 Å². The third-order valence-corrected chi connectivity index (χ3v) is 3.71. The standard InChI is InChI=1S/C20H25N3O4/c1-23(2)11-12-27-17-8-6-16(7-9-17)20(24)22-21-14-15-5-10-18(25-3)19(13-15)26-4/h5-10,13-14H,11-12H2,1-4H3,(H,22,24)/b21-14+. The first-order valence-electron chi connectivity index (χ1n) is 8.46. The topological polar surface area (TPSA) is 72.4 Å². The van der Waals surface area contributed by atoms with Crippen LogP contribution < -0.4 is 19.6 Å². The van der Waals surface area contributed by atoms with Gasteiger partial charge in [0.2, 0.25) is 0 Å². The number of amides is 1. The van der Waals surface area contributed by atoms with E-state index in [2.05, 4.69) is 10.5 Å². The van der Waals surface area contributed by atoms with E-state index in [9.17, 15) is 4.79 Å². The molecular weight excluding hydrogens is 346 g/mol. The van der Waals surface area contributed by atoms with E-state index < -0.39 is 0 Å². The van der Waals surface area contributed by atoms with Crippen molar-refractivity contribution in [1.82, 2.24) is 10.3 Å². The van der Waals surface area contributed by atoms with E-state index in [1.807, 2.05) is 25.1 Å². The quantitative estimate of drug-likeness (QED) is 0.541. The highest BCUT2D eigenvalue weighted by Gasteiger charge is 2.06. The number of hydrogen-bond donors (Lipinski definition) is 1. The molecule has 2 rings (SSSR count). The molecule has 0 saturated carbocycles. The Morgan fingerprint density at radius 1 is 1.07 bits per heavy atom. The third-order valence-electron chi connectivity index (χ3n) is 3.71. The molecule has 0 aliphatic rings. The summed E-state index contributed by atoms with van der Waals surface area (Å²) in [4.78, 5) is 14.2. The lowest BCUT2D eigenvalue weighted by atomic mass is 10.2. The van der Waals surface area contributed by atoms with Gasteiger partial charge in [0, 0.05) is 12.1 Å². The molecule has 1 amide bonds. The van der Waals surface area contributed by atoms with E-state index in [-0.39, 0.29) is 5.91 Å². The molecule has 2 aromatic carbocycles. The predicted molar refractivity (Wildman–Crippen MR) is 105 cm³/mol. The Labute approximate surface area is 159 Å². The lowest BCUT2D eigenvalue weighted by Gasteiger charge is -2.11. The van der Waals surface area contributed by atoms with Gasteiger partial charge in [0.15, 0.2) is 11.5 Å². The maximum Gasteiger partial charge on any atom is 0.271 e. The summed E-state index contributed by atoms with van der Waals surface area (Å²) in [6.45, 7) is 1.42. The molecule has 0 radical (unpaired) electrons. The summed E-state index contributed by atoms with van der Waals surface area (Å²) in [5, 5.41) is 3.98. The molecule has 0 saturated heterocycles. The van der Waals surface area contributed by atoms with Crippen molar-refractivity contribution in [2.24, 2.45) is 5.10 Å². The minimum atomic E-state index is -0.299. The Bertz CT molecular complexity index is 773. The van der Waals surface area contributed by atoms with Crippen LogP contribution in [-0.2, 0) is 0 Å². The molecule has 0 heterocycles. The van der Waals surface area contributed by atoms with Gasteiger partial charge in [-0.1, -0.05) is 0 Å². The largest absolute Gasteiger partial charge is 0.493 e. The van der Waals surface area contributed by atoms with Gasteiger partial charge in [-0.25, -0.2) is 5.43 Å². The first-order chi connectivity index (χ1) is 13.0. The second kappa shape index (κ2) is 10.2. The highest BCUT2D eigenvalue weighted by Crippen LogP contribution is 2.26. The van der Waals surface area contributed by atoms with E-state index in [0.29, 0.717) is 23.7 Å². The zero-order chi connectivity index (χ0) is 19.6. The summed E-state index contributed by atoms with van der Waals surface area (Å²) in [6, 6.07) is 12.3. The van der Waals surface area contributed by atoms with Gasteiger partial charge in [0.05, 0.1) is 20.4 Å². The number of rotatable bonds is 9. The maximum atomic E-state index is 12.2. The van der Waals surface area contributed by atoms with E-state index in [4.69, 9.17) is 14.2 Å². The van der Waals surface area contributed by atoms with Crippen LogP contribution in [0.5, 0.6) is 17.2 Å². The Hall–Kier alpha value is -3.06. The summed E-state index contributed by atoms with van der Waals surface area (Å²) in [6.07, 6.45) is 1.54. The zero-order valence-corrected chi connectivity index (χ0v) is 16.1. The number of hydrogen-bond acceptors (Lipinski definition) is 6. The number of benzene rings is 2. The Morgan fingerprint density at radius 2 is 1.78 bits per heavy atom. The smallest absolute Gasteiger partial charge is 0.271 e. The molecule has 0 fully saturated rings. The average molecular weight is 371 g/mol. The number of ether oxygens (including phenoxy) is 3. The lowest BCUT2D eigenvalue weighted by molar-refractivity contribution is 0.0955. The molecule has 0 aliphatic carbocycles. The number of nitrogens with zero attached hydrogens (tertiary/aromatic N) is 2. The monoisotopic (exact) mass is 371 g/mol. The van der Waals surface area contributed by atoms with Crippen LogP contribution >= 0.6 is 0 Å². The molecule has 1 N–H and O–H groups in total. The fourth-order valence-electron chi connectivity index (χ4n) is 2.21. The minimum Gasteiger partial charge on any atom is -0.493 e. The Kier molecular flexibility index (Phi) is 7.63. The van der Waals surface area contributed by atoms with Crippen molar-refractivity contribution in [2.45, 2.75) is 0 Å². The molecule has 144 valence electrons. The summed E-state index contributed by atoms with van der Waals surface area (Å²) in [7, 11) is 7.11. The molecule has 2 aromatic rings. The van der Waals surface area contributed by atoms with E-state index in [0.717, 1.165) is 17.9 Å². The number of carbonyl (C=O) groups is 1. The lowest BCUT2D eigenvalue weighted by Crippen LogP contribution is -2.19. The first kappa shape index (κ1) is 20.3. The molecule has 0 aliphatic heterocycles. The summed E-state index contributed by atoms with van der Waals surface area (Å²) in [5.41, 5.74) is 3.78. The molecular formula is C20H25N3O4. The van der Waals surface area contributed by atoms with Gasteiger partial charge in [0.1, 0.15) is 12.4 Å². The second-order valence-corrected chi connectivity index (χ2v) is 5.99. The van der Waals surface area contributed by atoms with Crippen LogP contribution in [0.15, 0.2) is 47.6 Å². The predicted octanol–water partition coefficient (Wildman–Crippen LogP) is 2.41. The first-order valence-corrected chi connectivity index (χ1v) is 8.46. The van der Waals surface area contributed by atoms with Gasteiger partial charge < -0.3 is 19.1 Å². The van der Waals surface area contributed by atoms with Crippen LogP contribution in [0.3, 0.4) is 0 Å². The molecule has 0 spiro atoms. The normalized spacial score (nSPS) is 10.9. The van der Waals surface area contributed by atoms with Crippen LogP contribution in [0, 0.1) is 0 Å². The SMILES string of the molecule is COc1ccc(/C=N/NC(=O)c2ccc(OCCN(C)C)cc2)cc1OC.